The van der Waals surface area contributed by atoms with Crippen molar-refractivity contribution in [3.8, 4) is 29.1 Å². The van der Waals surface area contributed by atoms with Gasteiger partial charge in [0.05, 0.1) is 13.0 Å². The van der Waals surface area contributed by atoms with Crippen molar-refractivity contribution in [1.29, 1.82) is 5.26 Å². The Balaban J connectivity index is 1.52. The van der Waals surface area contributed by atoms with Crippen molar-refractivity contribution in [1.82, 2.24) is 0 Å². The summed E-state index contributed by atoms with van der Waals surface area (Å²) in [5, 5.41) is 9.76. The van der Waals surface area contributed by atoms with Crippen LogP contribution in [0.4, 0.5) is 0 Å². The molecule has 7 heteroatoms. The van der Waals surface area contributed by atoms with Crippen LogP contribution in [-0.2, 0) is 4.79 Å². The van der Waals surface area contributed by atoms with Gasteiger partial charge in [-0.15, -0.1) is 0 Å². The van der Waals surface area contributed by atoms with Crippen molar-refractivity contribution >= 4 is 5.97 Å². The molecule has 1 atom stereocenters. The van der Waals surface area contributed by atoms with Gasteiger partial charge in [0, 0.05) is 11.6 Å². The highest BCUT2D eigenvalue weighted by Crippen LogP contribution is 2.43. The number of allylic oxidation sites excluding steroid dienone is 1. The number of benzene rings is 3. The van der Waals surface area contributed by atoms with Crippen molar-refractivity contribution in [2.24, 2.45) is 5.73 Å². The Bertz CT molecular complexity index is 1290. The predicted octanol–water partition coefficient (Wildman–Crippen LogP) is 5.02. The van der Waals surface area contributed by atoms with Crippen molar-refractivity contribution in [3.05, 3.63) is 94.9 Å². The number of nitriles is 1. The number of nitrogens with zero attached hydrogens (tertiary/aromatic N) is 1. The minimum absolute atomic E-state index is 0.0317. The molecule has 0 radical (unpaired) electrons. The zero-order valence-corrected chi connectivity index (χ0v) is 19.8. The lowest BCUT2D eigenvalue weighted by Gasteiger charge is -2.27. The summed E-state index contributed by atoms with van der Waals surface area (Å²) in [7, 11) is 1.57. The van der Waals surface area contributed by atoms with Crippen molar-refractivity contribution in [3.63, 3.8) is 0 Å². The number of methoxy groups -OCH3 is 1. The summed E-state index contributed by atoms with van der Waals surface area (Å²) in [5.41, 5.74) is 9.33. The fourth-order valence-electron chi connectivity index (χ4n) is 3.89. The Morgan fingerprint density at radius 1 is 1.03 bits per heavy atom. The Morgan fingerprint density at radius 3 is 2.31 bits per heavy atom. The summed E-state index contributed by atoms with van der Waals surface area (Å²) < 4.78 is 21.7. The van der Waals surface area contributed by atoms with Gasteiger partial charge >= 0.3 is 5.97 Å². The van der Waals surface area contributed by atoms with E-state index in [-0.39, 0.29) is 24.2 Å². The standard InChI is InChI=1S/C28H26N2O5/c1-17(2)18-4-6-19(7-5-18)27-23-13-12-22(14-25(23)35-28(30)24(27)15-29)34-26(31)16-33-21-10-8-20(32-3)9-11-21/h4-14,17,27H,16,30H2,1-3H3. The quantitative estimate of drug-likeness (QED) is 0.382. The maximum Gasteiger partial charge on any atom is 0.349 e. The van der Waals surface area contributed by atoms with Gasteiger partial charge in [-0.2, -0.15) is 5.26 Å². The number of esters is 1. The molecule has 0 saturated carbocycles. The summed E-state index contributed by atoms with van der Waals surface area (Å²) in [6.07, 6.45) is 0. The number of carbonyl (C=O) groups is 1. The molecule has 0 fully saturated rings. The van der Waals surface area contributed by atoms with Crippen LogP contribution in [0.2, 0.25) is 0 Å². The van der Waals surface area contributed by atoms with Crippen molar-refractivity contribution in [2.45, 2.75) is 25.7 Å². The van der Waals surface area contributed by atoms with Crippen LogP contribution in [0.5, 0.6) is 23.0 Å². The monoisotopic (exact) mass is 470 g/mol. The molecule has 0 amide bonds. The third kappa shape index (κ3) is 5.22. The van der Waals surface area contributed by atoms with E-state index in [0.29, 0.717) is 28.7 Å². The van der Waals surface area contributed by atoms with Gasteiger partial charge in [-0.25, -0.2) is 4.79 Å². The Kier molecular flexibility index (Phi) is 6.93. The fourth-order valence-corrected chi connectivity index (χ4v) is 3.89. The SMILES string of the molecule is COc1ccc(OCC(=O)Oc2ccc3c(c2)OC(N)=C(C#N)C3c2ccc(C(C)C)cc2)cc1. The van der Waals surface area contributed by atoms with Gasteiger partial charge in [0.15, 0.2) is 6.61 Å². The minimum Gasteiger partial charge on any atom is -0.497 e. The molecule has 1 aliphatic rings. The molecule has 2 N–H and O–H groups in total. The summed E-state index contributed by atoms with van der Waals surface area (Å²) in [5.74, 6) is 1.40. The second kappa shape index (κ2) is 10.2. The first-order valence-electron chi connectivity index (χ1n) is 11.2. The molecule has 1 heterocycles. The number of hydrogen-bond acceptors (Lipinski definition) is 7. The Morgan fingerprint density at radius 2 is 1.69 bits per heavy atom. The zero-order valence-electron chi connectivity index (χ0n) is 19.8. The van der Waals surface area contributed by atoms with Crippen LogP contribution < -0.4 is 24.7 Å². The Labute approximate surface area is 204 Å². The molecule has 1 unspecified atom stereocenters. The largest absolute Gasteiger partial charge is 0.497 e. The molecular formula is C28H26N2O5. The van der Waals surface area contributed by atoms with Crippen molar-refractivity contribution in [2.75, 3.05) is 13.7 Å². The second-order valence-corrected chi connectivity index (χ2v) is 8.38. The van der Waals surface area contributed by atoms with Gasteiger partial charge in [-0.3, -0.25) is 0 Å². The summed E-state index contributed by atoms with van der Waals surface area (Å²) in [6, 6.07) is 22.2. The minimum atomic E-state index is -0.571. The third-order valence-electron chi connectivity index (χ3n) is 5.77. The molecule has 3 aromatic rings. The molecular weight excluding hydrogens is 444 g/mol. The number of ether oxygens (including phenoxy) is 4. The van der Waals surface area contributed by atoms with Crippen LogP contribution in [0.1, 0.15) is 42.4 Å². The van der Waals surface area contributed by atoms with Crippen LogP contribution in [0.25, 0.3) is 0 Å². The van der Waals surface area contributed by atoms with Crippen LogP contribution in [0, 0.1) is 11.3 Å². The number of fused-ring (bicyclic) bond motifs is 1. The van der Waals surface area contributed by atoms with Gasteiger partial charge in [0.2, 0.25) is 5.88 Å². The lowest BCUT2D eigenvalue weighted by atomic mass is 9.83. The summed E-state index contributed by atoms with van der Waals surface area (Å²) >= 11 is 0. The lowest BCUT2D eigenvalue weighted by Crippen LogP contribution is -2.21. The van der Waals surface area contributed by atoms with Crippen LogP contribution in [-0.4, -0.2) is 19.7 Å². The maximum absolute atomic E-state index is 12.3. The molecule has 0 aliphatic carbocycles. The highest BCUT2D eigenvalue weighted by molar-refractivity contribution is 5.74. The maximum atomic E-state index is 12.3. The van der Waals surface area contributed by atoms with E-state index in [2.05, 4.69) is 32.0 Å². The van der Waals surface area contributed by atoms with Gasteiger partial charge in [-0.05, 0) is 47.4 Å². The van der Waals surface area contributed by atoms with Gasteiger partial charge < -0.3 is 24.7 Å². The first-order chi connectivity index (χ1) is 16.9. The van der Waals surface area contributed by atoms with E-state index < -0.39 is 5.97 Å². The van der Waals surface area contributed by atoms with Crippen LogP contribution >= 0.6 is 0 Å². The highest BCUT2D eigenvalue weighted by Gasteiger charge is 2.31. The van der Waals surface area contributed by atoms with Crippen molar-refractivity contribution < 1.29 is 23.7 Å². The van der Waals surface area contributed by atoms with Crippen LogP contribution in [0.3, 0.4) is 0 Å². The number of nitrogens with two attached hydrogens (primary N) is 1. The smallest absolute Gasteiger partial charge is 0.349 e. The van der Waals surface area contributed by atoms with Gasteiger partial charge in [0.25, 0.3) is 0 Å². The van der Waals surface area contributed by atoms with E-state index >= 15 is 0 Å². The molecule has 1 aliphatic heterocycles. The Hall–Kier alpha value is -4.44. The third-order valence-corrected chi connectivity index (χ3v) is 5.77. The molecule has 0 spiro atoms. The molecule has 178 valence electrons. The predicted molar refractivity (Wildman–Crippen MR) is 130 cm³/mol. The topological polar surface area (TPSA) is 104 Å². The van der Waals surface area contributed by atoms with Crippen LogP contribution in [0.15, 0.2) is 78.2 Å². The average Bonchev–Trinajstić information content (AvgIpc) is 2.87. The number of hydrogen-bond donors (Lipinski definition) is 1. The molecule has 4 rings (SSSR count). The molecule has 3 aromatic carbocycles. The lowest BCUT2D eigenvalue weighted by molar-refractivity contribution is -0.136. The zero-order chi connectivity index (χ0) is 24.9. The molecule has 7 nitrogen and oxygen atoms in total. The van der Waals surface area contributed by atoms with E-state index in [1.165, 1.54) is 5.56 Å². The number of carbonyl (C=O) groups excluding carboxylic acids is 1. The first-order valence-corrected chi connectivity index (χ1v) is 11.2. The van der Waals surface area contributed by atoms with E-state index in [1.807, 2.05) is 12.1 Å². The summed E-state index contributed by atoms with van der Waals surface area (Å²) in [6.45, 7) is 3.99. The molecule has 0 aromatic heterocycles. The summed E-state index contributed by atoms with van der Waals surface area (Å²) in [4.78, 5) is 12.3. The molecule has 0 bridgehead atoms. The number of rotatable bonds is 7. The van der Waals surface area contributed by atoms with Gasteiger partial charge in [0.1, 0.15) is 34.6 Å². The highest BCUT2D eigenvalue weighted by atomic mass is 16.6. The van der Waals surface area contributed by atoms with E-state index in [0.717, 1.165) is 11.1 Å². The molecule has 0 saturated heterocycles. The van der Waals surface area contributed by atoms with E-state index in [9.17, 15) is 10.1 Å². The average molecular weight is 471 g/mol. The normalized spacial score (nSPS) is 14.5. The van der Waals surface area contributed by atoms with E-state index in [1.54, 1.807) is 49.6 Å². The molecule has 35 heavy (non-hydrogen) atoms. The van der Waals surface area contributed by atoms with Gasteiger partial charge in [-0.1, -0.05) is 44.2 Å². The second-order valence-electron chi connectivity index (χ2n) is 8.38. The first kappa shape index (κ1) is 23.7. The fraction of sp³-hybridized carbons (Fsp3) is 0.214. The van der Waals surface area contributed by atoms with E-state index in [4.69, 9.17) is 24.7 Å².